The number of carbonyl (C=O) groups is 1. The van der Waals surface area contributed by atoms with Crippen LogP contribution in [0.1, 0.15) is 13.8 Å². The molecule has 2 heterocycles. The SMILES string of the molecule is CC1(C)OC(=O)C(=C=N)/C1=C\[n+]1ccccc1. The first-order valence-electron chi connectivity index (χ1n) is 5.26. The molecule has 0 aromatic carbocycles. The van der Waals surface area contributed by atoms with Gasteiger partial charge in [-0.25, -0.2) is 4.79 Å². The van der Waals surface area contributed by atoms with Gasteiger partial charge in [0.25, 0.3) is 0 Å². The van der Waals surface area contributed by atoms with Crippen molar-refractivity contribution in [2.24, 2.45) is 0 Å². The van der Waals surface area contributed by atoms with Gasteiger partial charge in [0.05, 0.1) is 5.57 Å². The summed E-state index contributed by atoms with van der Waals surface area (Å²) in [6.45, 7) is 3.59. The summed E-state index contributed by atoms with van der Waals surface area (Å²) in [5.41, 5.74) is 0.128. The Labute approximate surface area is 99.4 Å². The van der Waals surface area contributed by atoms with Crippen molar-refractivity contribution >= 4 is 18.0 Å². The lowest BCUT2D eigenvalue weighted by Gasteiger charge is -2.15. The second-order valence-electron chi connectivity index (χ2n) is 4.27. The summed E-state index contributed by atoms with van der Waals surface area (Å²) in [6, 6.07) is 5.68. The zero-order valence-electron chi connectivity index (χ0n) is 9.73. The average Bonchev–Trinajstić information content (AvgIpc) is 2.50. The number of ether oxygens (including phenoxy) is 1. The number of cyclic esters (lactones) is 1. The Balaban J connectivity index is 2.53. The van der Waals surface area contributed by atoms with E-state index in [-0.39, 0.29) is 5.57 Å². The van der Waals surface area contributed by atoms with Crippen LogP contribution in [0.3, 0.4) is 0 Å². The van der Waals surface area contributed by atoms with E-state index >= 15 is 0 Å². The van der Waals surface area contributed by atoms with Crippen LogP contribution in [0, 0.1) is 5.41 Å². The number of hydrogen-bond acceptors (Lipinski definition) is 3. The van der Waals surface area contributed by atoms with Crippen molar-refractivity contribution in [1.29, 1.82) is 5.41 Å². The monoisotopic (exact) mass is 229 g/mol. The molecule has 1 aromatic rings. The van der Waals surface area contributed by atoms with Crippen molar-refractivity contribution in [1.82, 2.24) is 0 Å². The van der Waals surface area contributed by atoms with E-state index in [1.54, 1.807) is 20.0 Å². The van der Waals surface area contributed by atoms with Crippen molar-refractivity contribution in [3.63, 3.8) is 0 Å². The molecule has 86 valence electrons. The van der Waals surface area contributed by atoms with Crippen molar-refractivity contribution in [2.45, 2.75) is 19.4 Å². The number of hydrogen-bond donors (Lipinski definition) is 1. The van der Waals surface area contributed by atoms with E-state index < -0.39 is 11.6 Å². The minimum atomic E-state index is -0.719. The fourth-order valence-corrected chi connectivity index (χ4v) is 1.73. The summed E-state index contributed by atoms with van der Waals surface area (Å²) in [4.78, 5) is 11.5. The third kappa shape index (κ3) is 2.03. The van der Waals surface area contributed by atoms with Crippen LogP contribution in [0.15, 0.2) is 41.7 Å². The van der Waals surface area contributed by atoms with E-state index in [9.17, 15) is 4.79 Å². The maximum Gasteiger partial charge on any atom is 0.349 e. The standard InChI is InChI=1S/C13H13N2O2/c1-13(2)11(10(8-14)12(16)17-13)9-15-6-4-3-5-7-15/h3-7,9,14H,1-2H3/q+1/b11-9+. The Morgan fingerprint density at radius 3 is 2.59 bits per heavy atom. The lowest BCUT2D eigenvalue weighted by atomic mass is 9.96. The van der Waals surface area contributed by atoms with Gasteiger partial charge in [0, 0.05) is 12.1 Å². The highest BCUT2D eigenvalue weighted by atomic mass is 16.6. The summed E-state index contributed by atoms with van der Waals surface area (Å²) in [5, 5.41) is 7.17. The van der Waals surface area contributed by atoms with E-state index in [4.69, 9.17) is 10.1 Å². The van der Waals surface area contributed by atoms with Crippen molar-refractivity contribution in [3.05, 3.63) is 41.7 Å². The van der Waals surface area contributed by atoms with Crippen LogP contribution in [0.2, 0.25) is 0 Å². The lowest BCUT2D eigenvalue weighted by molar-refractivity contribution is -0.569. The molecule has 0 spiro atoms. The fraction of sp³-hybridized carbons (Fsp3) is 0.231. The Hall–Kier alpha value is -2.19. The Bertz CT molecular complexity index is 538. The molecule has 0 bridgehead atoms. The van der Waals surface area contributed by atoms with Crippen molar-refractivity contribution < 1.29 is 14.1 Å². The van der Waals surface area contributed by atoms with E-state index in [1.807, 2.05) is 35.2 Å². The molecule has 17 heavy (non-hydrogen) atoms. The minimum absolute atomic E-state index is 0.186. The summed E-state index contributed by atoms with van der Waals surface area (Å²) in [6.07, 6.45) is 5.49. The van der Waals surface area contributed by atoms with Gasteiger partial charge in [-0.1, -0.05) is 6.07 Å². The second-order valence-corrected chi connectivity index (χ2v) is 4.27. The van der Waals surface area contributed by atoms with Gasteiger partial charge in [-0.2, -0.15) is 4.57 Å². The number of aromatic nitrogens is 1. The first kappa shape index (κ1) is 11.3. The van der Waals surface area contributed by atoms with E-state index in [2.05, 4.69) is 5.87 Å². The fourth-order valence-electron chi connectivity index (χ4n) is 1.73. The number of rotatable bonds is 1. The third-order valence-corrected chi connectivity index (χ3v) is 2.61. The van der Waals surface area contributed by atoms with Crippen LogP contribution in [0.4, 0.5) is 0 Å². The molecule has 0 amide bonds. The molecule has 0 unspecified atom stereocenters. The molecule has 0 aliphatic carbocycles. The van der Waals surface area contributed by atoms with E-state index in [0.29, 0.717) is 5.57 Å². The molecule has 1 fully saturated rings. The highest BCUT2D eigenvalue weighted by Gasteiger charge is 2.43. The van der Waals surface area contributed by atoms with Gasteiger partial charge < -0.3 is 4.74 Å². The molecular formula is C13H13N2O2+. The molecule has 0 radical (unpaired) electrons. The number of nitrogens with one attached hydrogen (secondary N) is 1. The van der Waals surface area contributed by atoms with Crippen molar-refractivity contribution in [3.8, 4) is 0 Å². The van der Waals surface area contributed by atoms with Crippen LogP contribution in [-0.2, 0) is 9.53 Å². The first-order valence-corrected chi connectivity index (χ1v) is 5.26. The Morgan fingerprint density at radius 1 is 1.35 bits per heavy atom. The van der Waals surface area contributed by atoms with Crippen LogP contribution < -0.4 is 4.57 Å². The predicted molar refractivity (Wildman–Crippen MR) is 62.3 cm³/mol. The molecule has 1 aliphatic rings. The predicted octanol–water partition coefficient (Wildman–Crippen LogP) is 1.33. The molecule has 1 aromatic heterocycles. The summed E-state index contributed by atoms with van der Waals surface area (Å²) < 4.78 is 7.01. The smallest absolute Gasteiger partial charge is 0.349 e. The molecular weight excluding hydrogens is 216 g/mol. The van der Waals surface area contributed by atoms with Gasteiger partial charge in [-0.3, -0.25) is 5.41 Å². The maximum absolute atomic E-state index is 11.5. The van der Waals surface area contributed by atoms with Crippen LogP contribution in [-0.4, -0.2) is 17.4 Å². The highest BCUT2D eigenvalue weighted by Crippen LogP contribution is 2.34. The summed E-state index contributed by atoms with van der Waals surface area (Å²) in [5.74, 6) is 1.66. The van der Waals surface area contributed by atoms with Gasteiger partial charge in [-0.15, -0.1) is 0 Å². The normalized spacial score (nSPS) is 20.2. The van der Waals surface area contributed by atoms with Crippen LogP contribution in [0.5, 0.6) is 0 Å². The molecule has 4 nitrogen and oxygen atoms in total. The number of pyridine rings is 1. The van der Waals surface area contributed by atoms with Gasteiger partial charge in [0.2, 0.25) is 0 Å². The Kier molecular flexibility index (Phi) is 2.66. The topological polar surface area (TPSA) is 54.0 Å². The van der Waals surface area contributed by atoms with E-state index in [1.165, 1.54) is 0 Å². The van der Waals surface area contributed by atoms with Crippen LogP contribution >= 0.6 is 0 Å². The minimum Gasteiger partial charge on any atom is -0.450 e. The van der Waals surface area contributed by atoms with Gasteiger partial charge in [0.1, 0.15) is 11.2 Å². The van der Waals surface area contributed by atoms with Gasteiger partial charge in [0.15, 0.2) is 18.6 Å². The van der Waals surface area contributed by atoms with E-state index in [0.717, 1.165) is 0 Å². The molecule has 1 saturated heterocycles. The molecule has 2 rings (SSSR count). The zero-order valence-corrected chi connectivity index (χ0v) is 9.73. The first-order chi connectivity index (χ1) is 8.04. The number of esters is 1. The third-order valence-electron chi connectivity index (χ3n) is 2.61. The van der Waals surface area contributed by atoms with Crippen molar-refractivity contribution in [2.75, 3.05) is 0 Å². The molecule has 1 N–H and O–H groups in total. The summed E-state index contributed by atoms with van der Waals surface area (Å²) in [7, 11) is 0. The van der Waals surface area contributed by atoms with Gasteiger partial charge >= 0.3 is 5.97 Å². The molecule has 0 saturated carbocycles. The maximum atomic E-state index is 11.5. The number of carbonyl (C=O) groups excluding carboxylic acids is 1. The van der Waals surface area contributed by atoms with Crippen LogP contribution in [0.25, 0.3) is 6.20 Å². The second kappa shape index (κ2) is 4.00. The quantitative estimate of drug-likeness (QED) is 0.342. The summed E-state index contributed by atoms with van der Waals surface area (Å²) >= 11 is 0. The number of nitrogens with zero attached hydrogens (tertiary/aromatic N) is 1. The average molecular weight is 229 g/mol. The zero-order chi connectivity index (χ0) is 12.5. The molecule has 4 heteroatoms. The highest BCUT2D eigenvalue weighted by molar-refractivity contribution is 6.06. The Morgan fingerprint density at radius 2 is 2.00 bits per heavy atom. The van der Waals surface area contributed by atoms with Gasteiger partial charge in [-0.05, 0) is 19.7 Å². The largest absolute Gasteiger partial charge is 0.450 e. The lowest BCUT2D eigenvalue weighted by Crippen LogP contribution is -2.29. The molecule has 0 atom stereocenters. The molecule has 1 aliphatic heterocycles.